The first-order valence-electron chi connectivity index (χ1n) is 6.82. The monoisotopic (exact) mass is 325 g/mol. The zero-order valence-electron chi connectivity index (χ0n) is 11.3. The number of halogens is 1. The first-order chi connectivity index (χ1) is 9.24. The quantitative estimate of drug-likeness (QED) is 0.795. The Morgan fingerprint density at radius 2 is 1.95 bits per heavy atom. The number of ether oxygens (including phenoxy) is 1. The number of benzene rings is 1. The Bertz CT molecular complexity index is 411. The maximum Gasteiger partial charge on any atom is 0.253 e. The number of hydrogen-bond acceptors (Lipinski definition) is 2. The molecule has 0 radical (unpaired) electrons. The number of hydrogen-bond donors (Lipinski definition) is 0. The van der Waals surface area contributed by atoms with Crippen LogP contribution in [-0.4, -0.2) is 35.8 Å². The largest absolute Gasteiger partial charge is 0.494 e. The van der Waals surface area contributed by atoms with Crippen molar-refractivity contribution in [2.45, 2.75) is 19.8 Å². The molecule has 0 unspecified atom stereocenters. The van der Waals surface area contributed by atoms with Gasteiger partial charge < -0.3 is 9.64 Å². The predicted octanol–water partition coefficient (Wildman–Crippen LogP) is 3.33. The molecular weight excluding hydrogens is 306 g/mol. The molecule has 104 valence electrons. The third-order valence-corrected chi connectivity index (χ3v) is 4.45. The number of likely N-dealkylation sites (tertiary alicyclic amines) is 1. The summed E-state index contributed by atoms with van der Waals surface area (Å²) < 4.78 is 5.38. The van der Waals surface area contributed by atoms with Crippen LogP contribution in [-0.2, 0) is 0 Å². The van der Waals surface area contributed by atoms with Crippen molar-refractivity contribution in [1.29, 1.82) is 0 Å². The Hall–Kier alpha value is -1.03. The minimum atomic E-state index is 0.135. The normalized spacial score (nSPS) is 16.4. The highest BCUT2D eigenvalue weighted by molar-refractivity contribution is 9.09. The van der Waals surface area contributed by atoms with Gasteiger partial charge in [0.15, 0.2) is 0 Å². The van der Waals surface area contributed by atoms with Crippen LogP contribution < -0.4 is 4.74 Å². The lowest BCUT2D eigenvalue weighted by atomic mass is 9.98. The highest BCUT2D eigenvalue weighted by atomic mass is 79.9. The molecule has 1 amide bonds. The lowest BCUT2D eigenvalue weighted by molar-refractivity contribution is 0.0699. The summed E-state index contributed by atoms with van der Waals surface area (Å²) in [6, 6.07) is 7.43. The van der Waals surface area contributed by atoms with E-state index in [0.29, 0.717) is 12.5 Å². The number of piperidine rings is 1. The first kappa shape index (κ1) is 14.4. The number of amides is 1. The van der Waals surface area contributed by atoms with Crippen LogP contribution in [0.2, 0.25) is 0 Å². The minimum Gasteiger partial charge on any atom is -0.494 e. The van der Waals surface area contributed by atoms with Crippen molar-refractivity contribution < 1.29 is 9.53 Å². The average molecular weight is 326 g/mol. The van der Waals surface area contributed by atoms with Crippen molar-refractivity contribution in [3.63, 3.8) is 0 Å². The van der Waals surface area contributed by atoms with E-state index in [1.807, 2.05) is 36.1 Å². The van der Waals surface area contributed by atoms with Gasteiger partial charge in [0, 0.05) is 24.0 Å². The Labute approximate surface area is 123 Å². The van der Waals surface area contributed by atoms with Gasteiger partial charge in [-0.25, -0.2) is 0 Å². The van der Waals surface area contributed by atoms with Crippen LogP contribution in [0.25, 0.3) is 0 Å². The van der Waals surface area contributed by atoms with Crippen LogP contribution in [0.5, 0.6) is 5.75 Å². The summed E-state index contributed by atoms with van der Waals surface area (Å²) in [6.45, 7) is 4.32. The van der Waals surface area contributed by atoms with Gasteiger partial charge in [-0.3, -0.25) is 4.79 Å². The number of carbonyl (C=O) groups excluding carboxylic acids is 1. The van der Waals surface area contributed by atoms with Crippen molar-refractivity contribution in [2.75, 3.05) is 25.0 Å². The summed E-state index contributed by atoms with van der Waals surface area (Å²) in [4.78, 5) is 14.3. The zero-order chi connectivity index (χ0) is 13.7. The van der Waals surface area contributed by atoms with E-state index in [1.54, 1.807) is 0 Å². The van der Waals surface area contributed by atoms with E-state index in [9.17, 15) is 4.79 Å². The van der Waals surface area contributed by atoms with E-state index in [-0.39, 0.29) is 5.91 Å². The number of alkyl halides is 1. The molecule has 0 aromatic heterocycles. The van der Waals surface area contributed by atoms with E-state index in [2.05, 4.69) is 15.9 Å². The Balaban J connectivity index is 1.96. The highest BCUT2D eigenvalue weighted by Gasteiger charge is 2.22. The molecule has 1 saturated heterocycles. The third-order valence-electron chi connectivity index (χ3n) is 3.53. The fraction of sp³-hybridized carbons (Fsp3) is 0.533. The van der Waals surface area contributed by atoms with Gasteiger partial charge in [-0.1, -0.05) is 15.9 Å². The predicted molar refractivity (Wildman–Crippen MR) is 80.0 cm³/mol. The SMILES string of the molecule is CCOc1ccc(C(=O)N2CCC(CBr)CC2)cc1. The molecule has 3 nitrogen and oxygen atoms in total. The van der Waals surface area contributed by atoms with Crippen LogP contribution in [0, 0.1) is 5.92 Å². The van der Waals surface area contributed by atoms with Gasteiger partial charge in [0.25, 0.3) is 5.91 Å². The molecule has 0 bridgehead atoms. The van der Waals surface area contributed by atoms with Crippen molar-refractivity contribution in [3.05, 3.63) is 29.8 Å². The summed E-state index contributed by atoms with van der Waals surface area (Å²) in [5.41, 5.74) is 0.751. The molecule has 1 heterocycles. The second-order valence-electron chi connectivity index (χ2n) is 4.85. The van der Waals surface area contributed by atoms with Crippen LogP contribution in [0.15, 0.2) is 24.3 Å². The van der Waals surface area contributed by atoms with Gasteiger partial charge in [0.2, 0.25) is 0 Å². The highest BCUT2D eigenvalue weighted by Crippen LogP contribution is 2.21. The van der Waals surface area contributed by atoms with E-state index in [1.165, 1.54) is 0 Å². The van der Waals surface area contributed by atoms with Crippen LogP contribution in [0.4, 0.5) is 0 Å². The molecule has 1 aromatic rings. The Morgan fingerprint density at radius 3 is 2.47 bits per heavy atom. The molecule has 4 heteroatoms. The van der Waals surface area contributed by atoms with Crippen molar-refractivity contribution in [1.82, 2.24) is 4.90 Å². The molecule has 0 N–H and O–H groups in total. The molecule has 1 fully saturated rings. The maximum atomic E-state index is 12.3. The van der Waals surface area contributed by atoms with E-state index in [4.69, 9.17) is 4.74 Å². The van der Waals surface area contributed by atoms with Gasteiger partial charge in [-0.2, -0.15) is 0 Å². The van der Waals surface area contributed by atoms with Gasteiger partial charge in [0.1, 0.15) is 5.75 Å². The molecular formula is C15H20BrNO2. The minimum absolute atomic E-state index is 0.135. The lowest BCUT2D eigenvalue weighted by Crippen LogP contribution is -2.38. The Kier molecular flexibility index (Phi) is 5.25. The third kappa shape index (κ3) is 3.72. The summed E-state index contributed by atoms with van der Waals surface area (Å²) in [7, 11) is 0. The fourth-order valence-electron chi connectivity index (χ4n) is 2.33. The number of rotatable bonds is 4. The first-order valence-corrected chi connectivity index (χ1v) is 7.94. The van der Waals surface area contributed by atoms with Crippen LogP contribution in [0.3, 0.4) is 0 Å². The number of carbonyl (C=O) groups is 1. The van der Waals surface area contributed by atoms with Crippen LogP contribution in [0.1, 0.15) is 30.1 Å². The smallest absolute Gasteiger partial charge is 0.253 e. The van der Waals surface area contributed by atoms with E-state index >= 15 is 0 Å². The molecule has 2 rings (SSSR count). The standard InChI is InChI=1S/C15H20BrNO2/c1-2-19-14-5-3-13(4-6-14)15(18)17-9-7-12(11-16)8-10-17/h3-6,12H,2,7-11H2,1H3. The van der Waals surface area contributed by atoms with Crippen molar-refractivity contribution in [2.24, 2.45) is 5.92 Å². The molecule has 0 atom stereocenters. The molecule has 1 aliphatic rings. The number of nitrogens with zero attached hydrogens (tertiary/aromatic N) is 1. The molecule has 19 heavy (non-hydrogen) atoms. The zero-order valence-corrected chi connectivity index (χ0v) is 12.9. The van der Waals surface area contributed by atoms with Crippen molar-refractivity contribution in [3.8, 4) is 5.75 Å². The van der Waals surface area contributed by atoms with Crippen molar-refractivity contribution >= 4 is 21.8 Å². The van der Waals surface area contributed by atoms with E-state index < -0.39 is 0 Å². The summed E-state index contributed by atoms with van der Waals surface area (Å²) in [5, 5.41) is 1.04. The summed E-state index contributed by atoms with van der Waals surface area (Å²) in [5.74, 6) is 1.66. The van der Waals surface area contributed by atoms with Gasteiger partial charge in [0.05, 0.1) is 6.61 Å². The fourth-order valence-corrected chi connectivity index (χ4v) is 2.98. The molecule has 0 saturated carbocycles. The second-order valence-corrected chi connectivity index (χ2v) is 5.49. The van der Waals surface area contributed by atoms with Crippen LogP contribution >= 0.6 is 15.9 Å². The van der Waals surface area contributed by atoms with Gasteiger partial charge in [-0.05, 0) is 49.9 Å². The molecule has 0 aliphatic carbocycles. The van der Waals surface area contributed by atoms with E-state index in [0.717, 1.165) is 42.6 Å². The summed E-state index contributed by atoms with van der Waals surface area (Å²) in [6.07, 6.45) is 2.18. The van der Waals surface area contributed by atoms with Gasteiger partial charge in [-0.15, -0.1) is 0 Å². The molecule has 1 aromatic carbocycles. The Morgan fingerprint density at radius 1 is 1.32 bits per heavy atom. The lowest BCUT2D eigenvalue weighted by Gasteiger charge is -2.31. The maximum absolute atomic E-state index is 12.3. The summed E-state index contributed by atoms with van der Waals surface area (Å²) >= 11 is 3.52. The molecule has 1 aliphatic heterocycles. The second kappa shape index (κ2) is 6.94. The van der Waals surface area contributed by atoms with Gasteiger partial charge >= 0.3 is 0 Å². The molecule has 0 spiro atoms. The average Bonchev–Trinajstić information content (AvgIpc) is 2.48. The topological polar surface area (TPSA) is 29.5 Å².